The topological polar surface area (TPSA) is 41.6 Å². The molecule has 0 unspecified atom stereocenters. The van der Waals surface area contributed by atoms with Gasteiger partial charge in [0.15, 0.2) is 0 Å². The number of hydrogen-bond acceptors (Lipinski definition) is 3. The Labute approximate surface area is 113 Å². The standard InChI is InChI=1S/C15H20N2O2/c1-12-9-17(15(12)7-8-16-11-15)14(18)19-10-13-5-3-2-4-6-13/h2-6,12,16H,7-11H2,1H3/t12-,15-/m0/s1. The molecule has 1 N–H and O–H groups in total. The Morgan fingerprint density at radius 3 is 2.89 bits per heavy atom. The van der Waals surface area contributed by atoms with Crippen LogP contribution in [0.15, 0.2) is 30.3 Å². The van der Waals surface area contributed by atoms with Crippen LogP contribution in [0.4, 0.5) is 4.79 Å². The summed E-state index contributed by atoms with van der Waals surface area (Å²) in [5.41, 5.74) is 1.04. The van der Waals surface area contributed by atoms with Gasteiger partial charge in [-0.05, 0) is 24.4 Å². The van der Waals surface area contributed by atoms with Crippen molar-refractivity contribution in [2.75, 3.05) is 19.6 Å². The maximum atomic E-state index is 12.2. The van der Waals surface area contributed by atoms with E-state index in [0.717, 1.165) is 31.6 Å². The third-order valence-electron chi connectivity index (χ3n) is 4.50. The first-order valence-electron chi connectivity index (χ1n) is 6.91. The minimum atomic E-state index is -0.175. The van der Waals surface area contributed by atoms with E-state index in [1.807, 2.05) is 35.2 Å². The van der Waals surface area contributed by atoms with Crippen LogP contribution in [0.5, 0.6) is 0 Å². The second-order valence-corrected chi connectivity index (χ2v) is 5.58. The molecule has 0 radical (unpaired) electrons. The highest BCUT2D eigenvalue weighted by Crippen LogP contribution is 2.41. The molecule has 1 aromatic rings. The van der Waals surface area contributed by atoms with Crippen LogP contribution in [0.2, 0.25) is 0 Å². The minimum Gasteiger partial charge on any atom is -0.445 e. The van der Waals surface area contributed by atoms with Gasteiger partial charge >= 0.3 is 6.09 Å². The van der Waals surface area contributed by atoms with Crippen LogP contribution in [0.1, 0.15) is 18.9 Å². The van der Waals surface area contributed by atoms with Crippen molar-refractivity contribution in [3.63, 3.8) is 0 Å². The van der Waals surface area contributed by atoms with Gasteiger partial charge in [-0.25, -0.2) is 4.79 Å². The third-order valence-corrected chi connectivity index (χ3v) is 4.50. The fourth-order valence-electron chi connectivity index (χ4n) is 3.18. The van der Waals surface area contributed by atoms with E-state index < -0.39 is 0 Å². The Kier molecular flexibility index (Phi) is 3.19. The van der Waals surface area contributed by atoms with Crippen molar-refractivity contribution in [3.05, 3.63) is 35.9 Å². The van der Waals surface area contributed by atoms with Crippen molar-refractivity contribution < 1.29 is 9.53 Å². The van der Waals surface area contributed by atoms with Crippen molar-refractivity contribution >= 4 is 6.09 Å². The first kappa shape index (κ1) is 12.5. The van der Waals surface area contributed by atoms with Crippen molar-refractivity contribution in [1.29, 1.82) is 0 Å². The Hall–Kier alpha value is -1.55. The molecule has 4 heteroatoms. The Morgan fingerprint density at radius 2 is 2.26 bits per heavy atom. The summed E-state index contributed by atoms with van der Waals surface area (Å²) in [4.78, 5) is 14.1. The summed E-state index contributed by atoms with van der Waals surface area (Å²) in [5.74, 6) is 0.562. The number of likely N-dealkylation sites (tertiary alicyclic amines) is 1. The molecule has 19 heavy (non-hydrogen) atoms. The summed E-state index contributed by atoms with van der Waals surface area (Å²) in [6, 6.07) is 9.81. The number of nitrogens with zero attached hydrogens (tertiary/aromatic N) is 1. The molecular formula is C15H20N2O2. The third kappa shape index (κ3) is 2.10. The van der Waals surface area contributed by atoms with Crippen LogP contribution in [0, 0.1) is 5.92 Å². The predicted molar refractivity (Wildman–Crippen MR) is 72.7 cm³/mol. The molecule has 2 aliphatic rings. The molecule has 0 bridgehead atoms. The molecular weight excluding hydrogens is 240 g/mol. The zero-order valence-corrected chi connectivity index (χ0v) is 11.3. The first-order valence-corrected chi connectivity index (χ1v) is 6.91. The highest BCUT2D eigenvalue weighted by Gasteiger charge is 2.55. The van der Waals surface area contributed by atoms with Gasteiger partial charge in [-0.2, -0.15) is 0 Å². The quantitative estimate of drug-likeness (QED) is 0.884. The first-order chi connectivity index (χ1) is 9.22. The highest BCUT2D eigenvalue weighted by molar-refractivity contribution is 5.70. The van der Waals surface area contributed by atoms with Gasteiger partial charge < -0.3 is 15.0 Å². The van der Waals surface area contributed by atoms with Gasteiger partial charge in [-0.1, -0.05) is 37.3 Å². The number of ether oxygens (including phenoxy) is 1. The second-order valence-electron chi connectivity index (χ2n) is 5.58. The summed E-state index contributed by atoms with van der Waals surface area (Å²) in [6.45, 7) is 5.28. The van der Waals surface area contributed by atoms with Crippen molar-refractivity contribution in [2.45, 2.75) is 25.5 Å². The SMILES string of the molecule is C[C@H]1CN(C(=O)OCc2ccccc2)[C@]12CCNC2. The molecule has 4 nitrogen and oxygen atoms in total. The number of rotatable bonds is 2. The van der Waals surface area contributed by atoms with E-state index in [1.54, 1.807) is 0 Å². The second kappa shape index (κ2) is 4.85. The van der Waals surface area contributed by atoms with Gasteiger partial charge in [0.05, 0.1) is 5.54 Å². The number of carbonyl (C=O) groups excluding carboxylic acids is 1. The van der Waals surface area contributed by atoms with Gasteiger partial charge in [-0.15, -0.1) is 0 Å². The summed E-state index contributed by atoms with van der Waals surface area (Å²) >= 11 is 0. The lowest BCUT2D eigenvalue weighted by Gasteiger charge is -2.54. The van der Waals surface area contributed by atoms with E-state index in [2.05, 4.69) is 12.2 Å². The van der Waals surface area contributed by atoms with Crippen LogP contribution in [-0.2, 0) is 11.3 Å². The van der Waals surface area contributed by atoms with E-state index >= 15 is 0 Å². The molecule has 0 saturated carbocycles. The number of carbonyl (C=O) groups is 1. The van der Waals surface area contributed by atoms with Crippen molar-refractivity contribution in [1.82, 2.24) is 10.2 Å². The van der Waals surface area contributed by atoms with Crippen LogP contribution in [0.25, 0.3) is 0 Å². The zero-order chi connectivity index (χ0) is 13.3. The van der Waals surface area contributed by atoms with Crippen LogP contribution < -0.4 is 5.32 Å². The molecule has 0 aliphatic carbocycles. The van der Waals surface area contributed by atoms with Gasteiger partial charge in [0.2, 0.25) is 0 Å². The average molecular weight is 260 g/mol. The fraction of sp³-hybridized carbons (Fsp3) is 0.533. The Balaban J connectivity index is 1.59. The van der Waals surface area contributed by atoms with Gasteiger partial charge in [0, 0.05) is 13.1 Å². The van der Waals surface area contributed by atoms with Crippen LogP contribution in [0.3, 0.4) is 0 Å². The number of nitrogens with one attached hydrogen (secondary N) is 1. The molecule has 1 spiro atoms. The van der Waals surface area contributed by atoms with E-state index in [4.69, 9.17) is 4.74 Å². The van der Waals surface area contributed by atoms with E-state index in [1.165, 1.54) is 0 Å². The number of benzene rings is 1. The van der Waals surface area contributed by atoms with Crippen LogP contribution in [-0.4, -0.2) is 36.2 Å². The molecule has 1 aromatic carbocycles. The largest absolute Gasteiger partial charge is 0.445 e. The van der Waals surface area contributed by atoms with E-state index in [0.29, 0.717) is 12.5 Å². The minimum absolute atomic E-state index is 0.00771. The monoisotopic (exact) mass is 260 g/mol. The van der Waals surface area contributed by atoms with Gasteiger partial charge in [0.25, 0.3) is 0 Å². The number of hydrogen-bond donors (Lipinski definition) is 1. The van der Waals surface area contributed by atoms with E-state index in [-0.39, 0.29) is 11.6 Å². The lowest BCUT2D eigenvalue weighted by molar-refractivity contribution is -0.0514. The summed E-state index contributed by atoms with van der Waals surface area (Å²) in [6.07, 6.45) is 0.861. The van der Waals surface area contributed by atoms with E-state index in [9.17, 15) is 4.79 Å². The average Bonchev–Trinajstić information content (AvgIpc) is 2.96. The highest BCUT2D eigenvalue weighted by atomic mass is 16.6. The fourth-order valence-corrected chi connectivity index (χ4v) is 3.18. The summed E-state index contributed by atoms with van der Waals surface area (Å²) in [5, 5.41) is 3.35. The van der Waals surface area contributed by atoms with Gasteiger partial charge in [0.1, 0.15) is 6.61 Å². The van der Waals surface area contributed by atoms with Gasteiger partial charge in [-0.3, -0.25) is 0 Å². The normalized spacial score (nSPS) is 29.3. The van der Waals surface area contributed by atoms with Crippen molar-refractivity contribution in [3.8, 4) is 0 Å². The maximum absolute atomic E-state index is 12.2. The number of amides is 1. The molecule has 2 heterocycles. The lowest BCUT2D eigenvalue weighted by atomic mass is 9.74. The summed E-state index contributed by atoms with van der Waals surface area (Å²) in [7, 11) is 0. The van der Waals surface area contributed by atoms with Crippen molar-refractivity contribution in [2.24, 2.45) is 5.92 Å². The predicted octanol–water partition coefficient (Wildman–Crippen LogP) is 2.01. The molecule has 102 valence electrons. The zero-order valence-electron chi connectivity index (χ0n) is 11.3. The Morgan fingerprint density at radius 1 is 1.47 bits per heavy atom. The molecule has 2 fully saturated rings. The smallest absolute Gasteiger partial charge is 0.410 e. The molecule has 2 saturated heterocycles. The summed E-state index contributed by atoms with van der Waals surface area (Å²) < 4.78 is 5.43. The van der Waals surface area contributed by atoms with Crippen LogP contribution >= 0.6 is 0 Å². The molecule has 0 aromatic heterocycles. The lowest BCUT2D eigenvalue weighted by Crippen LogP contribution is -2.69. The molecule has 3 rings (SSSR count). The molecule has 1 amide bonds. The molecule has 2 atom stereocenters. The molecule has 2 aliphatic heterocycles. The Bertz CT molecular complexity index is 454. The maximum Gasteiger partial charge on any atom is 0.410 e.